The zero-order valence-electron chi connectivity index (χ0n) is 13.7. The molecule has 4 nitrogen and oxygen atoms in total. The molecule has 0 N–H and O–H groups in total. The minimum Gasteiger partial charge on any atom is -0.337 e. The van der Waals surface area contributed by atoms with Crippen LogP contribution in [0.2, 0.25) is 0 Å². The number of nitriles is 1. The Bertz CT molecular complexity index is 799. The summed E-state index contributed by atoms with van der Waals surface area (Å²) in [6.45, 7) is 4.24. The number of carbonyl (C=O) groups is 1. The SMILES string of the molecule is N#Cc1ccc(/C=C/C(=O)N2CCN(Cc3ccc(Br)s3)CC2)cc1. The van der Waals surface area contributed by atoms with Crippen molar-refractivity contribution in [2.75, 3.05) is 26.2 Å². The first-order chi connectivity index (χ1) is 12.1. The summed E-state index contributed by atoms with van der Waals surface area (Å²) < 4.78 is 1.16. The highest BCUT2D eigenvalue weighted by Crippen LogP contribution is 2.23. The maximum absolute atomic E-state index is 12.3. The van der Waals surface area contributed by atoms with Gasteiger partial charge in [-0.15, -0.1) is 11.3 Å². The number of carbonyl (C=O) groups excluding carboxylic acids is 1. The lowest BCUT2D eigenvalue weighted by Gasteiger charge is -2.33. The Labute approximate surface area is 160 Å². The number of piperazine rings is 1. The van der Waals surface area contributed by atoms with Gasteiger partial charge in [-0.05, 0) is 51.8 Å². The van der Waals surface area contributed by atoms with Gasteiger partial charge in [-0.2, -0.15) is 5.26 Å². The lowest BCUT2D eigenvalue weighted by molar-refractivity contribution is -0.127. The van der Waals surface area contributed by atoms with E-state index in [2.05, 4.69) is 39.0 Å². The molecule has 0 atom stereocenters. The summed E-state index contributed by atoms with van der Waals surface area (Å²) in [5.74, 6) is 0.0443. The second-order valence-electron chi connectivity index (χ2n) is 5.87. The second-order valence-corrected chi connectivity index (χ2v) is 8.42. The quantitative estimate of drug-likeness (QED) is 0.714. The largest absolute Gasteiger partial charge is 0.337 e. The van der Waals surface area contributed by atoms with Crippen molar-refractivity contribution >= 4 is 39.2 Å². The van der Waals surface area contributed by atoms with Gasteiger partial charge in [0.25, 0.3) is 0 Å². The van der Waals surface area contributed by atoms with Crippen molar-refractivity contribution in [1.82, 2.24) is 9.80 Å². The van der Waals surface area contributed by atoms with Crippen LogP contribution in [-0.2, 0) is 11.3 Å². The third kappa shape index (κ3) is 5.02. The van der Waals surface area contributed by atoms with Crippen LogP contribution in [0, 0.1) is 11.3 Å². The van der Waals surface area contributed by atoms with Crippen LogP contribution in [-0.4, -0.2) is 41.9 Å². The lowest BCUT2D eigenvalue weighted by Crippen LogP contribution is -2.47. The molecule has 1 amide bonds. The average Bonchev–Trinajstić information content (AvgIpc) is 3.05. The standard InChI is InChI=1S/C19H18BrN3OS/c20-18-7-6-17(25-18)14-22-9-11-23(12-10-22)19(24)8-5-15-1-3-16(13-21)4-2-15/h1-8H,9-12,14H2/b8-5+. The van der Waals surface area contributed by atoms with E-state index in [1.165, 1.54) is 4.88 Å². The van der Waals surface area contributed by atoms with Crippen LogP contribution in [0.1, 0.15) is 16.0 Å². The van der Waals surface area contributed by atoms with E-state index in [4.69, 9.17) is 5.26 Å². The maximum Gasteiger partial charge on any atom is 0.246 e. The lowest BCUT2D eigenvalue weighted by atomic mass is 10.1. The molecule has 0 radical (unpaired) electrons. The molecule has 0 aliphatic carbocycles. The first-order valence-corrected chi connectivity index (χ1v) is 9.69. The molecule has 1 aliphatic heterocycles. The van der Waals surface area contributed by atoms with Crippen LogP contribution in [0.3, 0.4) is 0 Å². The Kier molecular flexibility index (Phi) is 6.03. The van der Waals surface area contributed by atoms with E-state index in [0.29, 0.717) is 5.56 Å². The number of halogens is 1. The van der Waals surface area contributed by atoms with E-state index in [9.17, 15) is 4.79 Å². The topological polar surface area (TPSA) is 47.3 Å². The van der Waals surface area contributed by atoms with Gasteiger partial charge in [-0.3, -0.25) is 9.69 Å². The molecule has 3 rings (SSSR count). The number of hydrogen-bond donors (Lipinski definition) is 0. The van der Waals surface area contributed by atoms with Crippen LogP contribution in [0.15, 0.2) is 46.3 Å². The number of benzene rings is 1. The third-order valence-corrected chi connectivity index (χ3v) is 5.76. The van der Waals surface area contributed by atoms with Crippen LogP contribution in [0.25, 0.3) is 6.08 Å². The van der Waals surface area contributed by atoms with E-state index in [1.807, 2.05) is 17.0 Å². The van der Waals surface area contributed by atoms with Crippen LogP contribution in [0.4, 0.5) is 0 Å². The van der Waals surface area contributed by atoms with E-state index in [1.54, 1.807) is 35.6 Å². The summed E-state index contributed by atoms with van der Waals surface area (Å²) in [6, 6.07) is 13.5. The number of hydrogen-bond acceptors (Lipinski definition) is 4. The number of amides is 1. The highest BCUT2D eigenvalue weighted by molar-refractivity contribution is 9.11. The molecule has 0 saturated carbocycles. The smallest absolute Gasteiger partial charge is 0.246 e. The Hall–Kier alpha value is -1.94. The molecule has 0 spiro atoms. The molecule has 1 aromatic carbocycles. The number of rotatable bonds is 4. The first-order valence-electron chi connectivity index (χ1n) is 8.08. The molecule has 25 heavy (non-hydrogen) atoms. The van der Waals surface area contributed by atoms with E-state index in [-0.39, 0.29) is 5.91 Å². The minimum absolute atomic E-state index is 0.0443. The molecule has 1 aliphatic rings. The molecule has 1 fully saturated rings. The molecule has 0 unspecified atom stereocenters. The molecule has 0 bridgehead atoms. The van der Waals surface area contributed by atoms with Crippen LogP contribution < -0.4 is 0 Å². The van der Waals surface area contributed by atoms with Gasteiger partial charge in [0.05, 0.1) is 15.4 Å². The van der Waals surface area contributed by atoms with Crippen molar-refractivity contribution < 1.29 is 4.79 Å². The Morgan fingerprint density at radius 2 is 1.88 bits per heavy atom. The van der Waals surface area contributed by atoms with Crippen molar-refractivity contribution in [2.24, 2.45) is 0 Å². The van der Waals surface area contributed by atoms with Crippen molar-refractivity contribution in [2.45, 2.75) is 6.54 Å². The highest BCUT2D eigenvalue weighted by atomic mass is 79.9. The van der Waals surface area contributed by atoms with E-state index >= 15 is 0 Å². The fourth-order valence-corrected chi connectivity index (χ4v) is 4.25. The van der Waals surface area contributed by atoms with Crippen molar-refractivity contribution in [1.29, 1.82) is 5.26 Å². The summed E-state index contributed by atoms with van der Waals surface area (Å²) in [5, 5.41) is 8.80. The van der Waals surface area contributed by atoms with Gasteiger partial charge in [0.2, 0.25) is 5.91 Å². The first kappa shape index (κ1) is 17.9. The summed E-state index contributed by atoms with van der Waals surface area (Å²) in [6.07, 6.45) is 3.42. The summed E-state index contributed by atoms with van der Waals surface area (Å²) in [7, 11) is 0. The molecule has 2 aromatic rings. The van der Waals surface area contributed by atoms with Crippen molar-refractivity contribution in [3.05, 3.63) is 62.3 Å². The van der Waals surface area contributed by atoms with Gasteiger partial charge in [0, 0.05) is 43.7 Å². The normalized spacial score (nSPS) is 15.4. The predicted octanol–water partition coefficient (Wildman–Crippen LogP) is 3.74. The Morgan fingerprint density at radius 3 is 2.48 bits per heavy atom. The van der Waals surface area contributed by atoms with Gasteiger partial charge < -0.3 is 4.90 Å². The second kappa shape index (κ2) is 8.43. The molecular formula is C19H18BrN3OS. The fourth-order valence-electron chi connectivity index (χ4n) is 2.73. The van der Waals surface area contributed by atoms with Crippen molar-refractivity contribution in [3.63, 3.8) is 0 Å². The summed E-state index contributed by atoms with van der Waals surface area (Å²) in [4.78, 5) is 17.9. The molecule has 2 heterocycles. The maximum atomic E-state index is 12.3. The molecule has 1 aromatic heterocycles. The molecular weight excluding hydrogens is 398 g/mol. The van der Waals surface area contributed by atoms with Gasteiger partial charge in [0.15, 0.2) is 0 Å². The van der Waals surface area contributed by atoms with E-state index < -0.39 is 0 Å². The van der Waals surface area contributed by atoms with Gasteiger partial charge >= 0.3 is 0 Å². The predicted molar refractivity (Wildman–Crippen MR) is 104 cm³/mol. The summed E-state index contributed by atoms with van der Waals surface area (Å²) >= 11 is 5.25. The van der Waals surface area contributed by atoms with Gasteiger partial charge in [0.1, 0.15) is 0 Å². The minimum atomic E-state index is 0.0443. The molecule has 1 saturated heterocycles. The van der Waals surface area contributed by atoms with E-state index in [0.717, 1.165) is 42.1 Å². The summed E-state index contributed by atoms with van der Waals surface area (Å²) in [5.41, 5.74) is 1.55. The average molecular weight is 416 g/mol. The molecule has 128 valence electrons. The number of nitrogens with zero attached hydrogens (tertiary/aromatic N) is 3. The van der Waals surface area contributed by atoms with Crippen molar-refractivity contribution in [3.8, 4) is 6.07 Å². The third-order valence-electron chi connectivity index (χ3n) is 4.15. The molecule has 6 heteroatoms. The van der Waals surface area contributed by atoms with Crippen LogP contribution in [0.5, 0.6) is 0 Å². The monoisotopic (exact) mass is 415 g/mol. The van der Waals surface area contributed by atoms with Gasteiger partial charge in [-0.25, -0.2) is 0 Å². The zero-order valence-corrected chi connectivity index (χ0v) is 16.1. The Balaban J connectivity index is 1.49. The number of thiophene rings is 1. The van der Waals surface area contributed by atoms with Crippen LogP contribution >= 0.6 is 27.3 Å². The zero-order chi connectivity index (χ0) is 17.6. The highest BCUT2D eigenvalue weighted by Gasteiger charge is 2.19. The Morgan fingerprint density at radius 1 is 1.16 bits per heavy atom. The van der Waals surface area contributed by atoms with Gasteiger partial charge in [-0.1, -0.05) is 12.1 Å². The fraction of sp³-hybridized carbons (Fsp3) is 0.263.